The molecule has 1 amide bonds. The summed E-state index contributed by atoms with van der Waals surface area (Å²) in [6.45, 7) is 0. The lowest BCUT2D eigenvalue weighted by atomic mass is 9.81. The minimum Gasteiger partial charge on any atom is -0.480 e. The smallest absolute Gasteiger partial charge is 0.329 e. The number of carbonyl (C=O) groups excluding carboxylic acids is 1. The van der Waals surface area contributed by atoms with Crippen LogP contribution in [0.1, 0.15) is 48.0 Å². The van der Waals surface area contributed by atoms with E-state index in [1.54, 1.807) is 24.3 Å². The van der Waals surface area contributed by atoms with Crippen molar-refractivity contribution >= 4 is 11.9 Å². The average molecular weight is 286 g/mol. The minimum atomic E-state index is -1.15. The number of aliphatic carboxylic acids is 1. The topological polar surface area (TPSA) is 90.2 Å². The third kappa shape index (κ3) is 3.40. The Balaban J connectivity index is 2.17. The molecule has 2 rings (SSSR count). The molecule has 0 aliphatic heterocycles. The van der Waals surface area contributed by atoms with Gasteiger partial charge in [-0.3, -0.25) is 4.79 Å². The molecule has 0 heterocycles. The molecule has 0 bridgehead atoms. The first kappa shape index (κ1) is 15.0. The molecule has 1 aromatic rings. The SMILES string of the molecule is N#CCc1cccc(C(=O)NC2(C(=O)O)CCCCC2)c1. The van der Waals surface area contributed by atoms with E-state index in [0.717, 1.165) is 24.8 Å². The number of amides is 1. The number of rotatable bonds is 4. The monoisotopic (exact) mass is 286 g/mol. The third-order valence-corrected chi connectivity index (χ3v) is 3.94. The highest BCUT2D eigenvalue weighted by molar-refractivity contribution is 5.98. The zero-order valence-electron chi connectivity index (χ0n) is 11.8. The van der Waals surface area contributed by atoms with Gasteiger partial charge in [-0.1, -0.05) is 31.4 Å². The summed E-state index contributed by atoms with van der Waals surface area (Å²) in [7, 11) is 0. The maximum atomic E-state index is 12.3. The highest BCUT2D eigenvalue weighted by atomic mass is 16.4. The lowest BCUT2D eigenvalue weighted by Gasteiger charge is -2.34. The predicted molar refractivity (Wildman–Crippen MR) is 76.7 cm³/mol. The van der Waals surface area contributed by atoms with Gasteiger partial charge < -0.3 is 10.4 Å². The quantitative estimate of drug-likeness (QED) is 0.888. The van der Waals surface area contributed by atoms with Crippen LogP contribution in [0.4, 0.5) is 0 Å². The summed E-state index contributed by atoms with van der Waals surface area (Å²) in [6.07, 6.45) is 3.77. The second-order valence-corrected chi connectivity index (χ2v) is 5.44. The van der Waals surface area contributed by atoms with Crippen molar-refractivity contribution in [3.63, 3.8) is 0 Å². The molecule has 21 heavy (non-hydrogen) atoms. The van der Waals surface area contributed by atoms with E-state index in [1.165, 1.54) is 0 Å². The molecule has 0 aromatic heterocycles. The molecule has 0 atom stereocenters. The van der Waals surface area contributed by atoms with Crippen LogP contribution >= 0.6 is 0 Å². The second kappa shape index (κ2) is 6.40. The van der Waals surface area contributed by atoms with Crippen molar-refractivity contribution in [3.05, 3.63) is 35.4 Å². The van der Waals surface area contributed by atoms with Crippen LogP contribution in [0.3, 0.4) is 0 Å². The summed E-state index contributed by atoms with van der Waals surface area (Å²) in [5.41, 5.74) is -0.00674. The molecule has 1 aliphatic rings. The van der Waals surface area contributed by atoms with Gasteiger partial charge in [0.2, 0.25) is 0 Å². The van der Waals surface area contributed by atoms with E-state index in [2.05, 4.69) is 5.32 Å². The van der Waals surface area contributed by atoms with E-state index < -0.39 is 11.5 Å². The van der Waals surface area contributed by atoms with E-state index in [9.17, 15) is 14.7 Å². The number of nitrogens with one attached hydrogen (secondary N) is 1. The minimum absolute atomic E-state index is 0.227. The number of benzene rings is 1. The van der Waals surface area contributed by atoms with Crippen molar-refractivity contribution in [1.29, 1.82) is 5.26 Å². The largest absolute Gasteiger partial charge is 0.480 e. The standard InChI is InChI=1S/C16H18N2O3/c17-10-7-12-5-4-6-13(11-12)14(19)18-16(15(20)21)8-2-1-3-9-16/h4-6,11H,1-3,7-9H2,(H,18,19)(H,20,21). The number of hydrogen-bond donors (Lipinski definition) is 2. The Morgan fingerprint density at radius 1 is 1.29 bits per heavy atom. The Morgan fingerprint density at radius 3 is 2.62 bits per heavy atom. The normalized spacial score (nSPS) is 16.7. The van der Waals surface area contributed by atoms with Crippen molar-refractivity contribution in [2.75, 3.05) is 0 Å². The van der Waals surface area contributed by atoms with Gasteiger partial charge in [-0.15, -0.1) is 0 Å². The lowest BCUT2D eigenvalue weighted by Crippen LogP contribution is -2.55. The molecule has 5 heteroatoms. The van der Waals surface area contributed by atoms with Crippen molar-refractivity contribution in [3.8, 4) is 6.07 Å². The van der Waals surface area contributed by atoms with Crippen molar-refractivity contribution in [1.82, 2.24) is 5.32 Å². The van der Waals surface area contributed by atoms with E-state index in [0.29, 0.717) is 18.4 Å². The van der Waals surface area contributed by atoms with Crippen LogP contribution in [-0.2, 0) is 11.2 Å². The van der Waals surface area contributed by atoms with Gasteiger partial charge in [-0.2, -0.15) is 5.26 Å². The Morgan fingerprint density at radius 2 is 2.00 bits per heavy atom. The lowest BCUT2D eigenvalue weighted by molar-refractivity contribution is -0.145. The average Bonchev–Trinajstić information content (AvgIpc) is 2.48. The van der Waals surface area contributed by atoms with Crippen LogP contribution in [0.5, 0.6) is 0 Å². The highest BCUT2D eigenvalue weighted by Gasteiger charge is 2.41. The summed E-state index contributed by atoms with van der Waals surface area (Å²) >= 11 is 0. The Bertz CT molecular complexity index is 583. The van der Waals surface area contributed by atoms with Crippen LogP contribution in [0, 0.1) is 11.3 Å². The summed E-state index contributed by atoms with van der Waals surface area (Å²) in [6, 6.07) is 8.78. The fourth-order valence-electron chi connectivity index (χ4n) is 2.75. The zero-order valence-corrected chi connectivity index (χ0v) is 11.8. The van der Waals surface area contributed by atoms with Crippen molar-refractivity contribution in [2.45, 2.75) is 44.1 Å². The molecule has 0 saturated heterocycles. The van der Waals surface area contributed by atoms with Gasteiger partial charge in [0.15, 0.2) is 0 Å². The molecule has 0 unspecified atom stereocenters. The summed E-state index contributed by atoms with van der Waals surface area (Å²) in [4.78, 5) is 23.9. The highest BCUT2D eigenvalue weighted by Crippen LogP contribution is 2.29. The maximum Gasteiger partial charge on any atom is 0.329 e. The van der Waals surface area contributed by atoms with Crippen LogP contribution in [0.15, 0.2) is 24.3 Å². The van der Waals surface area contributed by atoms with Gasteiger partial charge in [0.1, 0.15) is 5.54 Å². The molecule has 5 nitrogen and oxygen atoms in total. The van der Waals surface area contributed by atoms with Crippen LogP contribution in [0.2, 0.25) is 0 Å². The van der Waals surface area contributed by atoms with Gasteiger partial charge in [0.05, 0.1) is 12.5 Å². The van der Waals surface area contributed by atoms with Gasteiger partial charge in [0, 0.05) is 5.56 Å². The Kier molecular flexibility index (Phi) is 4.59. The van der Waals surface area contributed by atoms with Gasteiger partial charge in [-0.05, 0) is 30.5 Å². The van der Waals surface area contributed by atoms with Crippen LogP contribution in [0.25, 0.3) is 0 Å². The predicted octanol–water partition coefficient (Wildman–Crippen LogP) is 2.27. The number of nitriles is 1. The molecule has 2 N–H and O–H groups in total. The Hall–Kier alpha value is -2.35. The van der Waals surface area contributed by atoms with Crippen molar-refractivity contribution in [2.24, 2.45) is 0 Å². The van der Waals surface area contributed by atoms with Crippen LogP contribution in [-0.4, -0.2) is 22.5 Å². The van der Waals surface area contributed by atoms with Gasteiger partial charge in [0.25, 0.3) is 5.91 Å². The summed E-state index contributed by atoms with van der Waals surface area (Å²) < 4.78 is 0. The number of nitrogens with zero attached hydrogens (tertiary/aromatic N) is 1. The first-order valence-electron chi connectivity index (χ1n) is 7.09. The number of hydrogen-bond acceptors (Lipinski definition) is 3. The summed E-state index contributed by atoms with van der Waals surface area (Å²) in [5, 5.41) is 20.9. The molecular weight excluding hydrogens is 268 g/mol. The number of carbonyl (C=O) groups is 2. The molecule has 1 saturated carbocycles. The van der Waals surface area contributed by atoms with Crippen molar-refractivity contribution < 1.29 is 14.7 Å². The van der Waals surface area contributed by atoms with E-state index in [4.69, 9.17) is 5.26 Å². The van der Waals surface area contributed by atoms with Gasteiger partial charge in [-0.25, -0.2) is 4.79 Å². The van der Waals surface area contributed by atoms with E-state index in [-0.39, 0.29) is 12.3 Å². The van der Waals surface area contributed by atoms with Gasteiger partial charge >= 0.3 is 5.97 Å². The number of carboxylic acids is 1. The second-order valence-electron chi connectivity index (χ2n) is 5.44. The molecule has 0 spiro atoms. The third-order valence-electron chi connectivity index (χ3n) is 3.94. The molecule has 110 valence electrons. The Labute approximate surface area is 123 Å². The fraction of sp³-hybridized carbons (Fsp3) is 0.438. The first-order chi connectivity index (χ1) is 10.1. The summed E-state index contributed by atoms with van der Waals surface area (Å²) in [5.74, 6) is -1.36. The molecule has 0 radical (unpaired) electrons. The molecular formula is C16H18N2O3. The van der Waals surface area contributed by atoms with Crippen LogP contribution < -0.4 is 5.32 Å². The molecule has 1 aromatic carbocycles. The molecule has 1 aliphatic carbocycles. The van der Waals surface area contributed by atoms with E-state index >= 15 is 0 Å². The zero-order chi connectivity index (χ0) is 15.3. The fourth-order valence-corrected chi connectivity index (χ4v) is 2.75. The van der Waals surface area contributed by atoms with E-state index in [1.807, 2.05) is 6.07 Å². The first-order valence-corrected chi connectivity index (χ1v) is 7.09. The number of carboxylic acid groups (broad SMARTS) is 1. The molecule has 1 fully saturated rings. The maximum absolute atomic E-state index is 12.3.